The number of hydrogen-bond donors (Lipinski definition) is 0. The fraction of sp³-hybridized carbons (Fsp3) is 0.455. The zero-order valence-electron chi connectivity index (χ0n) is 9.36. The van der Waals surface area contributed by atoms with Crippen LogP contribution in [0.15, 0.2) is 18.3 Å². The van der Waals surface area contributed by atoms with Gasteiger partial charge in [-0.25, -0.2) is 4.98 Å². The van der Waals surface area contributed by atoms with Gasteiger partial charge in [-0.1, -0.05) is 0 Å². The number of methoxy groups -OCH3 is 1. The predicted octanol–water partition coefficient (Wildman–Crippen LogP) is 1.57. The lowest BCUT2D eigenvalue weighted by molar-refractivity contribution is 0.0769. The van der Waals surface area contributed by atoms with E-state index in [0.717, 1.165) is 0 Å². The van der Waals surface area contributed by atoms with Crippen LogP contribution in [-0.2, 0) is 0 Å². The van der Waals surface area contributed by atoms with Crippen LogP contribution in [0, 0.1) is 0 Å². The third kappa shape index (κ3) is 2.46. The van der Waals surface area contributed by atoms with Crippen molar-refractivity contribution in [3.8, 4) is 5.88 Å². The van der Waals surface area contributed by atoms with Gasteiger partial charge in [0.05, 0.1) is 7.11 Å². The molecular weight excluding hydrogens is 192 g/mol. The Morgan fingerprint density at radius 3 is 2.67 bits per heavy atom. The predicted molar refractivity (Wildman–Crippen MR) is 58.0 cm³/mol. The van der Waals surface area contributed by atoms with E-state index in [0.29, 0.717) is 24.5 Å². The molecule has 0 aliphatic heterocycles. The number of rotatable bonds is 4. The van der Waals surface area contributed by atoms with Crippen LogP contribution in [0.4, 0.5) is 0 Å². The molecule has 1 rings (SSSR count). The summed E-state index contributed by atoms with van der Waals surface area (Å²) in [5.74, 6) is 0.347. The lowest BCUT2D eigenvalue weighted by Crippen LogP contribution is -2.30. The molecule has 0 saturated carbocycles. The summed E-state index contributed by atoms with van der Waals surface area (Å²) in [6.07, 6.45) is 1.61. The number of nitrogens with zero attached hydrogens (tertiary/aromatic N) is 2. The van der Waals surface area contributed by atoms with Gasteiger partial charge in [0.1, 0.15) is 5.56 Å². The minimum Gasteiger partial charge on any atom is -0.480 e. The Kier molecular flexibility index (Phi) is 4.09. The molecule has 82 valence electrons. The van der Waals surface area contributed by atoms with E-state index in [2.05, 4.69) is 4.98 Å². The van der Waals surface area contributed by atoms with Crippen molar-refractivity contribution < 1.29 is 9.53 Å². The summed E-state index contributed by atoms with van der Waals surface area (Å²) in [7, 11) is 1.52. The number of pyridine rings is 1. The highest BCUT2D eigenvalue weighted by atomic mass is 16.5. The highest BCUT2D eigenvalue weighted by Gasteiger charge is 2.17. The molecule has 1 aromatic heterocycles. The average molecular weight is 208 g/mol. The molecule has 0 aliphatic carbocycles. The number of amides is 1. The first-order chi connectivity index (χ1) is 7.24. The molecule has 0 aromatic carbocycles. The highest BCUT2D eigenvalue weighted by molar-refractivity contribution is 5.96. The minimum atomic E-state index is -0.0371. The topological polar surface area (TPSA) is 42.4 Å². The molecule has 0 aliphatic rings. The van der Waals surface area contributed by atoms with Gasteiger partial charge >= 0.3 is 0 Å². The average Bonchev–Trinajstić information content (AvgIpc) is 2.30. The van der Waals surface area contributed by atoms with Gasteiger partial charge < -0.3 is 9.64 Å². The number of carbonyl (C=O) groups excluding carboxylic acids is 1. The van der Waals surface area contributed by atoms with Crippen LogP contribution in [0.5, 0.6) is 5.88 Å². The van der Waals surface area contributed by atoms with E-state index in [1.54, 1.807) is 23.2 Å². The number of hydrogen-bond acceptors (Lipinski definition) is 3. The largest absolute Gasteiger partial charge is 0.480 e. The first-order valence-corrected chi connectivity index (χ1v) is 5.02. The maximum absolute atomic E-state index is 12.0. The Labute approximate surface area is 89.9 Å². The lowest BCUT2D eigenvalue weighted by atomic mass is 10.2. The van der Waals surface area contributed by atoms with Crippen molar-refractivity contribution in [2.45, 2.75) is 13.8 Å². The standard InChI is InChI=1S/C11H16N2O2/c1-4-13(5-2)11(14)9-7-6-8-12-10(9)15-3/h6-8H,4-5H2,1-3H3. The van der Waals surface area contributed by atoms with E-state index in [1.165, 1.54) is 7.11 Å². The maximum atomic E-state index is 12.0. The van der Waals surface area contributed by atoms with Gasteiger partial charge in [-0.2, -0.15) is 0 Å². The van der Waals surface area contributed by atoms with Gasteiger partial charge in [0, 0.05) is 19.3 Å². The van der Waals surface area contributed by atoms with E-state index in [4.69, 9.17) is 4.74 Å². The van der Waals surface area contributed by atoms with Gasteiger partial charge in [-0.15, -0.1) is 0 Å². The van der Waals surface area contributed by atoms with E-state index in [1.807, 2.05) is 13.8 Å². The zero-order chi connectivity index (χ0) is 11.3. The maximum Gasteiger partial charge on any atom is 0.259 e. The molecular formula is C11H16N2O2. The Hall–Kier alpha value is -1.58. The van der Waals surface area contributed by atoms with Crippen molar-refractivity contribution >= 4 is 5.91 Å². The van der Waals surface area contributed by atoms with Gasteiger partial charge in [0.2, 0.25) is 5.88 Å². The molecule has 0 saturated heterocycles. The second-order valence-corrected chi connectivity index (χ2v) is 3.04. The normalized spacial score (nSPS) is 9.80. The first kappa shape index (κ1) is 11.5. The first-order valence-electron chi connectivity index (χ1n) is 5.02. The van der Waals surface area contributed by atoms with Crippen molar-refractivity contribution in [3.05, 3.63) is 23.9 Å². The Morgan fingerprint density at radius 2 is 2.13 bits per heavy atom. The van der Waals surface area contributed by atoms with Gasteiger partial charge in [-0.3, -0.25) is 4.79 Å². The van der Waals surface area contributed by atoms with Crippen molar-refractivity contribution in [1.82, 2.24) is 9.88 Å². The van der Waals surface area contributed by atoms with Crippen molar-refractivity contribution in [2.75, 3.05) is 20.2 Å². The summed E-state index contributed by atoms with van der Waals surface area (Å²) in [5, 5.41) is 0. The summed E-state index contributed by atoms with van der Waals surface area (Å²) in [4.78, 5) is 17.7. The fourth-order valence-corrected chi connectivity index (χ4v) is 1.40. The minimum absolute atomic E-state index is 0.0371. The quantitative estimate of drug-likeness (QED) is 0.754. The molecule has 1 aromatic rings. The molecule has 0 radical (unpaired) electrons. The van der Waals surface area contributed by atoms with Crippen LogP contribution in [-0.4, -0.2) is 36.0 Å². The van der Waals surface area contributed by atoms with Crippen LogP contribution in [0.1, 0.15) is 24.2 Å². The summed E-state index contributed by atoms with van der Waals surface area (Å²) in [6.45, 7) is 5.27. The van der Waals surface area contributed by atoms with E-state index in [9.17, 15) is 4.79 Å². The molecule has 0 N–H and O–H groups in total. The molecule has 0 atom stereocenters. The van der Waals surface area contributed by atoms with Crippen LogP contribution < -0.4 is 4.74 Å². The zero-order valence-corrected chi connectivity index (χ0v) is 9.36. The van der Waals surface area contributed by atoms with Gasteiger partial charge in [0.15, 0.2) is 0 Å². The summed E-state index contributed by atoms with van der Waals surface area (Å²) >= 11 is 0. The van der Waals surface area contributed by atoms with Crippen LogP contribution in [0.25, 0.3) is 0 Å². The van der Waals surface area contributed by atoms with Crippen LogP contribution in [0.2, 0.25) is 0 Å². The molecule has 4 heteroatoms. The van der Waals surface area contributed by atoms with Crippen molar-refractivity contribution in [2.24, 2.45) is 0 Å². The molecule has 15 heavy (non-hydrogen) atoms. The Balaban J connectivity index is 2.99. The Morgan fingerprint density at radius 1 is 1.47 bits per heavy atom. The van der Waals surface area contributed by atoms with Crippen LogP contribution in [0.3, 0.4) is 0 Å². The molecule has 0 spiro atoms. The number of aromatic nitrogens is 1. The molecule has 1 heterocycles. The smallest absolute Gasteiger partial charge is 0.259 e. The molecule has 1 amide bonds. The monoisotopic (exact) mass is 208 g/mol. The Bertz CT molecular complexity index is 335. The lowest BCUT2D eigenvalue weighted by Gasteiger charge is -2.19. The third-order valence-electron chi connectivity index (χ3n) is 2.25. The second-order valence-electron chi connectivity index (χ2n) is 3.04. The van der Waals surface area contributed by atoms with Crippen LogP contribution >= 0.6 is 0 Å². The number of carbonyl (C=O) groups is 1. The molecule has 0 unspecified atom stereocenters. The molecule has 0 fully saturated rings. The van der Waals surface area contributed by atoms with E-state index in [-0.39, 0.29) is 5.91 Å². The van der Waals surface area contributed by atoms with E-state index < -0.39 is 0 Å². The summed E-state index contributed by atoms with van der Waals surface area (Å²) in [5.41, 5.74) is 0.517. The van der Waals surface area contributed by atoms with Crippen molar-refractivity contribution in [3.63, 3.8) is 0 Å². The SMILES string of the molecule is CCN(CC)C(=O)c1cccnc1OC. The summed E-state index contributed by atoms with van der Waals surface area (Å²) < 4.78 is 5.05. The fourth-order valence-electron chi connectivity index (χ4n) is 1.40. The molecule has 4 nitrogen and oxygen atoms in total. The van der Waals surface area contributed by atoms with Gasteiger partial charge in [-0.05, 0) is 26.0 Å². The number of ether oxygens (including phenoxy) is 1. The van der Waals surface area contributed by atoms with Crippen molar-refractivity contribution in [1.29, 1.82) is 0 Å². The molecule has 0 bridgehead atoms. The van der Waals surface area contributed by atoms with E-state index >= 15 is 0 Å². The summed E-state index contributed by atoms with van der Waals surface area (Å²) in [6, 6.07) is 3.46. The third-order valence-corrected chi connectivity index (χ3v) is 2.25. The second kappa shape index (κ2) is 5.34. The van der Waals surface area contributed by atoms with Gasteiger partial charge in [0.25, 0.3) is 5.91 Å². The highest BCUT2D eigenvalue weighted by Crippen LogP contribution is 2.15.